The summed E-state index contributed by atoms with van der Waals surface area (Å²) in [5, 5.41) is 19.9. The van der Waals surface area contributed by atoms with E-state index in [2.05, 4.69) is 25.7 Å². The smallest absolute Gasteiger partial charge is 0.220 e. The van der Waals surface area contributed by atoms with E-state index in [0.717, 1.165) is 35.6 Å². The summed E-state index contributed by atoms with van der Waals surface area (Å²) in [6, 6.07) is 7.53. The second-order valence-corrected chi connectivity index (χ2v) is 6.92. The molecule has 4 aromatic heterocycles. The Labute approximate surface area is 167 Å². The van der Waals surface area contributed by atoms with Crippen molar-refractivity contribution in [3.05, 3.63) is 59.6 Å². The molecule has 0 aliphatic carbocycles. The lowest BCUT2D eigenvalue weighted by molar-refractivity contribution is -0.121. The Morgan fingerprint density at radius 3 is 2.90 bits per heavy atom. The molecule has 1 N–H and O–H groups in total. The lowest BCUT2D eigenvalue weighted by Gasteiger charge is -2.06. The highest BCUT2D eigenvalue weighted by atomic mass is 16.3. The van der Waals surface area contributed by atoms with Gasteiger partial charge in [0.1, 0.15) is 12.1 Å². The number of carbonyl (C=O) groups excluding carboxylic acids is 1. The quantitative estimate of drug-likeness (QED) is 0.460. The predicted molar refractivity (Wildman–Crippen MR) is 106 cm³/mol. The number of aromatic nitrogens is 6. The van der Waals surface area contributed by atoms with Gasteiger partial charge in [0.15, 0.2) is 11.5 Å². The number of hydrogen-bond donors (Lipinski definition) is 1. The number of aryl methyl sites for hydroxylation is 2. The van der Waals surface area contributed by atoms with Crippen LogP contribution in [-0.2, 0) is 17.6 Å². The molecule has 0 aromatic carbocycles. The highest BCUT2D eigenvalue weighted by Gasteiger charge is 2.15. The van der Waals surface area contributed by atoms with Gasteiger partial charge in [-0.3, -0.25) is 4.79 Å². The summed E-state index contributed by atoms with van der Waals surface area (Å²) >= 11 is 0. The zero-order valence-corrected chi connectivity index (χ0v) is 16.5. The van der Waals surface area contributed by atoms with Gasteiger partial charge in [-0.15, -0.1) is 15.3 Å². The fourth-order valence-electron chi connectivity index (χ4n) is 3.36. The van der Waals surface area contributed by atoms with Gasteiger partial charge < -0.3 is 9.73 Å². The first-order valence-corrected chi connectivity index (χ1v) is 9.63. The van der Waals surface area contributed by atoms with Gasteiger partial charge in [-0.05, 0) is 56.5 Å². The molecule has 0 fully saturated rings. The van der Waals surface area contributed by atoms with Crippen LogP contribution in [0.2, 0.25) is 0 Å². The Bertz CT molecular complexity index is 1110. The molecule has 0 saturated heterocycles. The third kappa shape index (κ3) is 4.18. The molecule has 0 atom stereocenters. The molecule has 4 rings (SSSR count). The van der Waals surface area contributed by atoms with Crippen LogP contribution in [0.5, 0.6) is 0 Å². The monoisotopic (exact) mass is 393 g/mol. The minimum Gasteiger partial charge on any atom is -0.469 e. The molecule has 29 heavy (non-hydrogen) atoms. The molecule has 0 aliphatic rings. The summed E-state index contributed by atoms with van der Waals surface area (Å²) in [7, 11) is 0. The summed E-state index contributed by atoms with van der Waals surface area (Å²) < 4.78 is 8.70. The molecule has 4 aromatic rings. The zero-order valence-electron chi connectivity index (χ0n) is 16.5. The van der Waals surface area contributed by atoms with Gasteiger partial charge in [-0.1, -0.05) is 0 Å². The first-order chi connectivity index (χ1) is 14.1. The zero-order chi connectivity index (χ0) is 20.2. The molecule has 150 valence electrons. The Morgan fingerprint density at radius 1 is 1.17 bits per heavy atom. The molecule has 4 heterocycles. The molecule has 1 amide bonds. The molecule has 9 heteroatoms. The van der Waals surface area contributed by atoms with Crippen molar-refractivity contribution in [1.82, 2.24) is 34.9 Å². The molecular formula is C20H23N7O2. The minimum absolute atomic E-state index is 0.0417. The standard InChI is InChI=1S/C20H23N7O2/c1-14-17(7-10-20(28)21-11-3-5-16-6-4-12-29-16)15(2)27(24-14)19-9-8-18-23-22-13-26(18)25-19/h4,6,8-9,12-13H,3,5,7,10-11H2,1-2H3,(H,21,28). The van der Waals surface area contributed by atoms with E-state index in [0.29, 0.717) is 30.9 Å². The van der Waals surface area contributed by atoms with Crippen molar-refractivity contribution in [2.75, 3.05) is 6.54 Å². The minimum atomic E-state index is 0.0417. The van der Waals surface area contributed by atoms with E-state index < -0.39 is 0 Å². The average molecular weight is 393 g/mol. The van der Waals surface area contributed by atoms with Crippen molar-refractivity contribution in [1.29, 1.82) is 0 Å². The van der Waals surface area contributed by atoms with Crippen LogP contribution < -0.4 is 5.32 Å². The molecule has 0 spiro atoms. The number of nitrogens with zero attached hydrogens (tertiary/aromatic N) is 6. The van der Waals surface area contributed by atoms with Crippen molar-refractivity contribution in [3.8, 4) is 5.82 Å². The van der Waals surface area contributed by atoms with E-state index in [1.807, 2.05) is 38.1 Å². The third-order valence-corrected chi connectivity index (χ3v) is 4.91. The summed E-state index contributed by atoms with van der Waals surface area (Å²) in [5.41, 5.74) is 3.63. The predicted octanol–water partition coefficient (Wildman–Crippen LogP) is 2.20. The summed E-state index contributed by atoms with van der Waals surface area (Å²) in [5.74, 6) is 1.67. The van der Waals surface area contributed by atoms with Gasteiger partial charge in [0.2, 0.25) is 5.91 Å². The number of amides is 1. The van der Waals surface area contributed by atoms with Gasteiger partial charge >= 0.3 is 0 Å². The maximum absolute atomic E-state index is 12.2. The molecule has 0 radical (unpaired) electrons. The van der Waals surface area contributed by atoms with Crippen molar-refractivity contribution in [3.63, 3.8) is 0 Å². The highest BCUT2D eigenvalue weighted by molar-refractivity contribution is 5.76. The SMILES string of the molecule is Cc1nn(-c2ccc3nncn3n2)c(C)c1CCC(=O)NCCCc1ccco1. The lowest BCUT2D eigenvalue weighted by atomic mass is 10.1. The fraction of sp³-hybridized carbons (Fsp3) is 0.350. The maximum atomic E-state index is 12.2. The van der Waals surface area contributed by atoms with Crippen LogP contribution in [0.3, 0.4) is 0 Å². The van der Waals surface area contributed by atoms with Crippen molar-refractivity contribution >= 4 is 11.6 Å². The van der Waals surface area contributed by atoms with Crippen LogP contribution in [0.4, 0.5) is 0 Å². The Kier molecular flexibility index (Phi) is 5.37. The second-order valence-electron chi connectivity index (χ2n) is 6.92. The lowest BCUT2D eigenvalue weighted by Crippen LogP contribution is -2.25. The Hall–Kier alpha value is -3.49. The van der Waals surface area contributed by atoms with Crippen LogP contribution in [0.15, 0.2) is 41.3 Å². The van der Waals surface area contributed by atoms with Crippen LogP contribution in [0.1, 0.15) is 35.6 Å². The summed E-state index contributed by atoms with van der Waals surface area (Å²) in [6.07, 6.45) is 5.96. The van der Waals surface area contributed by atoms with E-state index in [1.165, 1.54) is 0 Å². The number of fused-ring (bicyclic) bond motifs is 1. The summed E-state index contributed by atoms with van der Waals surface area (Å²) in [6.45, 7) is 4.59. The van der Waals surface area contributed by atoms with Crippen LogP contribution in [-0.4, -0.2) is 42.0 Å². The normalized spacial score (nSPS) is 11.2. The summed E-state index contributed by atoms with van der Waals surface area (Å²) in [4.78, 5) is 12.2. The van der Waals surface area contributed by atoms with Crippen molar-refractivity contribution < 1.29 is 9.21 Å². The van der Waals surface area contributed by atoms with Crippen LogP contribution >= 0.6 is 0 Å². The first-order valence-electron chi connectivity index (χ1n) is 9.63. The molecule has 9 nitrogen and oxygen atoms in total. The molecule has 0 bridgehead atoms. The van der Waals surface area contributed by atoms with E-state index in [-0.39, 0.29) is 5.91 Å². The van der Waals surface area contributed by atoms with Gasteiger partial charge in [0.25, 0.3) is 0 Å². The topological polar surface area (TPSA) is 103 Å². The Morgan fingerprint density at radius 2 is 2.07 bits per heavy atom. The number of hydrogen-bond acceptors (Lipinski definition) is 6. The van der Waals surface area contributed by atoms with Crippen LogP contribution in [0.25, 0.3) is 11.5 Å². The van der Waals surface area contributed by atoms with Gasteiger partial charge in [0.05, 0.1) is 12.0 Å². The van der Waals surface area contributed by atoms with E-state index >= 15 is 0 Å². The largest absolute Gasteiger partial charge is 0.469 e. The van der Waals surface area contributed by atoms with Crippen molar-refractivity contribution in [2.45, 2.75) is 39.5 Å². The highest BCUT2D eigenvalue weighted by Crippen LogP contribution is 2.18. The number of furan rings is 1. The van der Waals surface area contributed by atoms with E-state index in [4.69, 9.17) is 4.42 Å². The molecular weight excluding hydrogens is 370 g/mol. The van der Waals surface area contributed by atoms with E-state index in [9.17, 15) is 4.79 Å². The van der Waals surface area contributed by atoms with Crippen molar-refractivity contribution in [2.24, 2.45) is 0 Å². The Balaban J connectivity index is 1.34. The number of nitrogens with one attached hydrogen (secondary N) is 1. The first kappa shape index (κ1) is 18.9. The molecule has 0 unspecified atom stereocenters. The van der Waals surface area contributed by atoms with E-state index in [1.54, 1.807) is 21.8 Å². The number of rotatable bonds is 8. The van der Waals surface area contributed by atoms with Gasteiger partial charge in [-0.25, -0.2) is 4.68 Å². The third-order valence-electron chi connectivity index (χ3n) is 4.91. The average Bonchev–Trinajstić information content (AvgIpc) is 3.44. The molecule has 0 aliphatic heterocycles. The fourth-order valence-corrected chi connectivity index (χ4v) is 3.36. The van der Waals surface area contributed by atoms with Gasteiger partial charge in [-0.2, -0.15) is 9.61 Å². The maximum Gasteiger partial charge on any atom is 0.220 e. The van der Waals surface area contributed by atoms with Gasteiger partial charge in [0, 0.05) is 25.1 Å². The number of carbonyl (C=O) groups is 1. The molecule has 0 saturated carbocycles. The van der Waals surface area contributed by atoms with Crippen LogP contribution in [0, 0.1) is 13.8 Å². The second kappa shape index (κ2) is 8.26.